The van der Waals surface area contributed by atoms with Crippen LogP contribution >= 0.6 is 11.6 Å². The quantitative estimate of drug-likeness (QED) is 0.517. The highest BCUT2D eigenvalue weighted by molar-refractivity contribution is 6.30. The van der Waals surface area contributed by atoms with Crippen LogP contribution in [0.4, 0.5) is 5.69 Å². The molecule has 1 atom stereocenters. The number of carbonyl (C=O) groups is 2. The molecule has 0 spiro atoms. The number of nitrogens with zero attached hydrogens (tertiary/aromatic N) is 3. The number of aliphatic carboxylic acids is 2. The molecule has 1 aliphatic heterocycles. The van der Waals surface area contributed by atoms with Gasteiger partial charge >= 0.3 is 11.9 Å². The lowest BCUT2D eigenvalue weighted by Crippen LogP contribution is -2.49. The van der Waals surface area contributed by atoms with Gasteiger partial charge in [-0.25, -0.2) is 0 Å². The van der Waals surface area contributed by atoms with Gasteiger partial charge in [0.1, 0.15) is 11.8 Å². The van der Waals surface area contributed by atoms with Crippen molar-refractivity contribution in [2.75, 3.05) is 38.2 Å². The van der Waals surface area contributed by atoms with Gasteiger partial charge in [0.25, 0.3) is 0 Å². The average Bonchev–Trinajstić information content (AvgIpc) is 3.15. The molecule has 1 saturated heterocycles. The first kappa shape index (κ1) is 22.9. The first-order chi connectivity index (χ1) is 15.9. The fourth-order valence-corrected chi connectivity index (χ4v) is 4.63. The normalized spacial score (nSPS) is 15.5. The van der Waals surface area contributed by atoms with E-state index in [1.807, 2.05) is 45.9 Å². The number of anilines is 1. The monoisotopic (exact) mass is 471 g/mol. The number of benzene rings is 2. The molecule has 4 rings (SSSR count). The van der Waals surface area contributed by atoms with Crippen LogP contribution in [0.2, 0.25) is 5.02 Å². The Bertz CT molecular complexity index is 1170. The van der Waals surface area contributed by atoms with Crippen molar-refractivity contribution >= 4 is 40.1 Å². The number of rotatable bonds is 8. The van der Waals surface area contributed by atoms with Crippen molar-refractivity contribution in [2.45, 2.75) is 19.0 Å². The van der Waals surface area contributed by atoms with Gasteiger partial charge in [0.05, 0.1) is 13.5 Å². The molecule has 174 valence electrons. The van der Waals surface area contributed by atoms with E-state index in [-0.39, 0.29) is 13.0 Å². The second kappa shape index (κ2) is 9.72. The van der Waals surface area contributed by atoms with Crippen LogP contribution in [-0.2, 0) is 16.1 Å². The van der Waals surface area contributed by atoms with Crippen LogP contribution in [0.5, 0.6) is 5.75 Å². The molecule has 1 aliphatic rings. The van der Waals surface area contributed by atoms with Crippen LogP contribution in [0.15, 0.2) is 48.7 Å². The molecule has 3 aromatic rings. The lowest BCUT2D eigenvalue weighted by molar-refractivity contribution is -0.143. The fourth-order valence-electron chi connectivity index (χ4n) is 4.45. The highest BCUT2D eigenvalue weighted by Crippen LogP contribution is 2.34. The third kappa shape index (κ3) is 4.91. The topological polar surface area (TPSA) is 95.2 Å². The van der Waals surface area contributed by atoms with E-state index in [1.54, 1.807) is 19.4 Å². The molecule has 33 heavy (non-hydrogen) atoms. The summed E-state index contributed by atoms with van der Waals surface area (Å²) in [5.41, 5.74) is 2.44. The zero-order valence-electron chi connectivity index (χ0n) is 18.3. The molecular formula is C24H26ClN3O5. The van der Waals surface area contributed by atoms with E-state index in [0.29, 0.717) is 42.5 Å². The number of halogens is 1. The Hall–Kier alpha value is -3.23. The van der Waals surface area contributed by atoms with E-state index >= 15 is 0 Å². The van der Waals surface area contributed by atoms with Gasteiger partial charge in [0.2, 0.25) is 0 Å². The maximum Gasteiger partial charge on any atom is 0.325 e. The number of aryl methyl sites for hydroxylation is 1. The predicted octanol–water partition coefficient (Wildman–Crippen LogP) is 3.73. The Morgan fingerprint density at radius 3 is 2.48 bits per heavy atom. The Morgan fingerprint density at radius 1 is 1.09 bits per heavy atom. The third-order valence-corrected chi connectivity index (χ3v) is 6.30. The minimum atomic E-state index is -0.939. The van der Waals surface area contributed by atoms with Gasteiger partial charge in [-0.1, -0.05) is 17.7 Å². The van der Waals surface area contributed by atoms with E-state index in [4.69, 9.17) is 21.4 Å². The maximum atomic E-state index is 12.5. The maximum absolute atomic E-state index is 12.5. The molecule has 8 nitrogen and oxygen atoms in total. The van der Waals surface area contributed by atoms with E-state index in [1.165, 1.54) is 0 Å². The average molecular weight is 472 g/mol. The summed E-state index contributed by atoms with van der Waals surface area (Å²) in [5.74, 6) is -1.22. The zero-order valence-corrected chi connectivity index (χ0v) is 19.0. The summed E-state index contributed by atoms with van der Waals surface area (Å²) in [5, 5.41) is 20.8. The van der Waals surface area contributed by atoms with Crippen molar-refractivity contribution in [1.82, 2.24) is 9.47 Å². The molecule has 2 N–H and O–H groups in total. The Balaban J connectivity index is 1.64. The number of fused-ring (bicyclic) bond motifs is 1. The van der Waals surface area contributed by atoms with Crippen LogP contribution in [0.1, 0.15) is 18.0 Å². The number of carboxylic acid groups (broad SMARTS) is 2. The largest absolute Gasteiger partial charge is 0.497 e. The van der Waals surface area contributed by atoms with E-state index in [0.717, 1.165) is 16.6 Å². The molecule has 0 amide bonds. The predicted molar refractivity (Wildman–Crippen MR) is 126 cm³/mol. The molecule has 0 saturated carbocycles. The van der Waals surface area contributed by atoms with Crippen molar-refractivity contribution in [3.05, 3.63) is 59.2 Å². The number of hydrogen-bond donors (Lipinski definition) is 2. The fraction of sp³-hybridized carbons (Fsp3) is 0.333. The summed E-state index contributed by atoms with van der Waals surface area (Å²) in [6.45, 7) is 2.73. The summed E-state index contributed by atoms with van der Waals surface area (Å²) in [7, 11) is 1.56. The number of ether oxygens (including phenoxy) is 1. The molecule has 2 heterocycles. The van der Waals surface area contributed by atoms with Crippen LogP contribution < -0.4 is 9.64 Å². The van der Waals surface area contributed by atoms with Gasteiger partial charge in [0.15, 0.2) is 0 Å². The minimum absolute atomic E-state index is 0.0503. The number of carboxylic acids is 2. The molecule has 0 aliphatic carbocycles. The highest BCUT2D eigenvalue weighted by Gasteiger charge is 2.33. The Morgan fingerprint density at radius 2 is 1.85 bits per heavy atom. The first-order valence-electron chi connectivity index (χ1n) is 10.7. The number of aromatic nitrogens is 1. The number of piperazine rings is 1. The van der Waals surface area contributed by atoms with Crippen LogP contribution in [-0.4, -0.2) is 64.9 Å². The van der Waals surface area contributed by atoms with Crippen molar-refractivity contribution < 1.29 is 24.5 Å². The molecule has 1 fully saturated rings. The SMILES string of the molecule is COc1ccc2c(c1)c([C@@H](C(=O)O)N1CCN(c3cccc(Cl)c3)CC1)cn2CCC(=O)O. The van der Waals surface area contributed by atoms with Gasteiger partial charge < -0.3 is 24.4 Å². The minimum Gasteiger partial charge on any atom is -0.497 e. The second-order valence-corrected chi connectivity index (χ2v) is 8.48. The van der Waals surface area contributed by atoms with Crippen molar-refractivity contribution in [3.8, 4) is 5.75 Å². The van der Waals surface area contributed by atoms with E-state index < -0.39 is 18.0 Å². The van der Waals surface area contributed by atoms with E-state index in [2.05, 4.69) is 4.90 Å². The first-order valence-corrected chi connectivity index (χ1v) is 11.1. The molecule has 0 radical (unpaired) electrons. The van der Waals surface area contributed by atoms with Gasteiger partial charge in [0, 0.05) is 66.1 Å². The summed E-state index contributed by atoms with van der Waals surface area (Å²) in [4.78, 5) is 27.7. The third-order valence-electron chi connectivity index (χ3n) is 6.07. The van der Waals surface area contributed by atoms with Crippen molar-refractivity contribution in [2.24, 2.45) is 0 Å². The molecule has 0 unspecified atom stereocenters. The molecule has 9 heteroatoms. The van der Waals surface area contributed by atoms with Gasteiger partial charge in [-0.05, 0) is 36.4 Å². The molecule has 0 bridgehead atoms. The zero-order chi connectivity index (χ0) is 23.5. The van der Waals surface area contributed by atoms with Gasteiger partial charge in [-0.15, -0.1) is 0 Å². The number of hydrogen-bond acceptors (Lipinski definition) is 5. The second-order valence-electron chi connectivity index (χ2n) is 8.05. The van der Waals surface area contributed by atoms with Gasteiger partial charge in [-0.2, -0.15) is 0 Å². The van der Waals surface area contributed by atoms with Crippen LogP contribution in [0.25, 0.3) is 10.9 Å². The Labute approximate surface area is 196 Å². The summed E-state index contributed by atoms with van der Waals surface area (Å²) in [6.07, 6.45) is 1.72. The molecular weight excluding hydrogens is 446 g/mol. The highest BCUT2D eigenvalue weighted by atomic mass is 35.5. The van der Waals surface area contributed by atoms with Crippen molar-refractivity contribution in [3.63, 3.8) is 0 Å². The van der Waals surface area contributed by atoms with Crippen molar-refractivity contribution in [1.29, 1.82) is 0 Å². The van der Waals surface area contributed by atoms with Crippen LogP contribution in [0.3, 0.4) is 0 Å². The van der Waals surface area contributed by atoms with Crippen LogP contribution in [0, 0.1) is 0 Å². The lowest BCUT2D eigenvalue weighted by Gasteiger charge is -2.38. The summed E-state index contributed by atoms with van der Waals surface area (Å²) >= 11 is 6.13. The van der Waals surface area contributed by atoms with E-state index in [9.17, 15) is 14.7 Å². The smallest absolute Gasteiger partial charge is 0.325 e. The summed E-state index contributed by atoms with van der Waals surface area (Å²) < 4.78 is 7.18. The summed E-state index contributed by atoms with van der Waals surface area (Å²) in [6, 6.07) is 12.2. The molecule has 1 aromatic heterocycles. The Kier molecular flexibility index (Phi) is 6.76. The van der Waals surface area contributed by atoms with Gasteiger partial charge in [-0.3, -0.25) is 14.5 Å². The standard InChI is InChI=1S/C24H26ClN3O5/c1-33-18-5-6-21-19(14-18)20(15-28(21)8-7-22(29)30)23(24(31)32)27-11-9-26(10-12-27)17-4-2-3-16(25)13-17/h2-6,13-15,23H,7-12H2,1H3,(H,29,30)(H,31,32)/t23-/m0/s1. The number of methoxy groups -OCH3 is 1. The molecule has 2 aromatic carbocycles. The lowest BCUT2D eigenvalue weighted by atomic mass is 10.0.